The van der Waals surface area contributed by atoms with Crippen LogP contribution in [-0.4, -0.2) is 54.9 Å². The summed E-state index contributed by atoms with van der Waals surface area (Å²) in [6.45, 7) is 1.19. The van der Waals surface area contributed by atoms with Gasteiger partial charge in [-0.2, -0.15) is 0 Å². The normalized spacial score (nSPS) is 13.7. The number of rotatable bonds is 14. The molecule has 10 nitrogen and oxygen atoms in total. The molecule has 206 valence electrons. The first-order valence-electron chi connectivity index (χ1n) is 12.6. The molecule has 0 saturated heterocycles. The van der Waals surface area contributed by atoms with Crippen LogP contribution in [0, 0.1) is 10.1 Å². The lowest BCUT2D eigenvalue weighted by Gasteiger charge is -2.17. The monoisotopic (exact) mass is 544 g/mol. The van der Waals surface area contributed by atoms with E-state index in [-0.39, 0.29) is 31.4 Å². The molecule has 0 spiro atoms. The lowest BCUT2D eigenvalue weighted by Crippen LogP contribution is -2.25. The van der Waals surface area contributed by atoms with Gasteiger partial charge in [0.25, 0.3) is 11.6 Å². The van der Waals surface area contributed by atoms with Crippen molar-refractivity contribution in [2.24, 2.45) is 0 Å². The second kappa shape index (κ2) is 13.8. The minimum absolute atomic E-state index is 0.0249. The van der Waals surface area contributed by atoms with Crippen LogP contribution in [0.1, 0.15) is 16.7 Å². The van der Waals surface area contributed by atoms with Crippen molar-refractivity contribution < 1.29 is 33.8 Å². The number of benzene rings is 3. The molecule has 0 fully saturated rings. The summed E-state index contributed by atoms with van der Waals surface area (Å²) >= 11 is 0. The fraction of sp³-hybridized carbons (Fsp3) is 0.200. The molecule has 1 amide bonds. The molecule has 1 N–H and O–H groups in total. The molecule has 0 radical (unpaired) electrons. The fourth-order valence-electron chi connectivity index (χ4n) is 4.06. The molecule has 1 aliphatic rings. The molecule has 3 aromatic carbocycles. The summed E-state index contributed by atoms with van der Waals surface area (Å²) in [5.74, 6) is -0.463. The Balaban J connectivity index is 1.33. The van der Waals surface area contributed by atoms with Gasteiger partial charge in [0.2, 0.25) is 0 Å². The maximum atomic E-state index is 13.4. The Labute approximate surface area is 230 Å². The number of nitro benzene ring substituents is 1. The standard InChI is InChI=1S/C30H28N2O8/c33-29(34)21-39-17-16-38-18-19-40-25-14-10-23(11-15-25)20-31-28-7-2-1-5-26(28)27(30(31)35)6-3-4-22-8-12-24(13-9-22)32(36)37/h1-15H,16-21H2,(H,33,34)/b4-3+,27-6-. The van der Waals surface area contributed by atoms with Crippen molar-refractivity contribution in [3.63, 3.8) is 0 Å². The summed E-state index contributed by atoms with van der Waals surface area (Å²) in [6, 6.07) is 21.3. The van der Waals surface area contributed by atoms with Crippen LogP contribution in [0.3, 0.4) is 0 Å². The number of anilines is 1. The van der Waals surface area contributed by atoms with Crippen LogP contribution in [0.25, 0.3) is 11.6 Å². The summed E-state index contributed by atoms with van der Waals surface area (Å²) in [4.78, 5) is 35.9. The molecule has 0 aromatic heterocycles. The molecule has 0 aliphatic carbocycles. The topological polar surface area (TPSA) is 128 Å². The molecular weight excluding hydrogens is 516 g/mol. The predicted octanol–water partition coefficient (Wildman–Crippen LogP) is 4.74. The average molecular weight is 545 g/mol. The quantitative estimate of drug-likeness (QED) is 0.133. The predicted molar refractivity (Wildman–Crippen MR) is 149 cm³/mol. The van der Waals surface area contributed by atoms with Crippen molar-refractivity contribution in [2.75, 3.05) is 37.9 Å². The van der Waals surface area contributed by atoms with Gasteiger partial charge in [0, 0.05) is 23.3 Å². The van der Waals surface area contributed by atoms with E-state index in [4.69, 9.17) is 19.3 Å². The minimum atomic E-state index is -1.02. The highest BCUT2D eigenvalue weighted by atomic mass is 16.6. The third-order valence-electron chi connectivity index (χ3n) is 5.97. The molecule has 0 atom stereocenters. The van der Waals surface area contributed by atoms with Gasteiger partial charge in [-0.05, 0) is 47.5 Å². The number of allylic oxidation sites excluding steroid dienone is 2. The van der Waals surface area contributed by atoms with Crippen LogP contribution in [-0.2, 0) is 25.6 Å². The van der Waals surface area contributed by atoms with Gasteiger partial charge in [-0.25, -0.2) is 4.79 Å². The molecule has 40 heavy (non-hydrogen) atoms. The minimum Gasteiger partial charge on any atom is -0.491 e. The Morgan fingerprint density at radius 2 is 1.62 bits per heavy atom. The van der Waals surface area contributed by atoms with Gasteiger partial charge in [-0.3, -0.25) is 14.9 Å². The van der Waals surface area contributed by atoms with Gasteiger partial charge >= 0.3 is 5.97 Å². The number of nitrogens with zero attached hydrogens (tertiary/aromatic N) is 2. The van der Waals surface area contributed by atoms with E-state index < -0.39 is 10.9 Å². The smallest absolute Gasteiger partial charge is 0.329 e. The first kappa shape index (κ1) is 28.2. The summed E-state index contributed by atoms with van der Waals surface area (Å²) in [5.41, 5.74) is 3.99. The van der Waals surface area contributed by atoms with Crippen LogP contribution in [0.4, 0.5) is 11.4 Å². The van der Waals surface area contributed by atoms with E-state index in [1.807, 2.05) is 48.5 Å². The van der Waals surface area contributed by atoms with E-state index in [9.17, 15) is 19.7 Å². The van der Waals surface area contributed by atoms with Crippen LogP contribution in [0.15, 0.2) is 84.9 Å². The van der Waals surface area contributed by atoms with Crippen molar-refractivity contribution in [1.82, 2.24) is 0 Å². The highest BCUT2D eigenvalue weighted by Crippen LogP contribution is 2.37. The van der Waals surface area contributed by atoms with Crippen LogP contribution < -0.4 is 9.64 Å². The lowest BCUT2D eigenvalue weighted by atomic mass is 10.1. The highest BCUT2D eigenvalue weighted by molar-refractivity contribution is 6.32. The third-order valence-corrected chi connectivity index (χ3v) is 5.97. The number of fused-ring (bicyclic) bond motifs is 1. The van der Waals surface area contributed by atoms with E-state index in [2.05, 4.69) is 0 Å². The Morgan fingerprint density at radius 3 is 2.35 bits per heavy atom. The largest absolute Gasteiger partial charge is 0.491 e. The SMILES string of the molecule is O=C(O)COCCOCCOc1ccc(CN2C(=O)/C(=C\C=C\c3ccc([N+](=O)[O-])cc3)c3ccccc32)cc1. The number of ether oxygens (including phenoxy) is 3. The Kier molecular flexibility index (Phi) is 9.76. The summed E-state index contributed by atoms with van der Waals surface area (Å²) in [5, 5.41) is 19.4. The first-order chi connectivity index (χ1) is 19.4. The first-order valence-corrected chi connectivity index (χ1v) is 12.6. The van der Waals surface area contributed by atoms with Crippen molar-refractivity contribution in [3.05, 3.63) is 112 Å². The number of carboxylic acid groups (broad SMARTS) is 1. The number of hydrogen-bond acceptors (Lipinski definition) is 7. The molecule has 1 heterocycles. The van der Waals surface area contributed by atoms with Gasteiger partial charge in [-0.15, -0.1) is 0 Å². The van der Waals surface area contributed by atoms with E-state index >= 15 is 0 Å². The number of para-hydroxylation sites is 1. The van der Waals surface area contributed by atoms with Crippen molar-refractivity contribution in [2.45, 2.75) is 6.54 Å². The second-order valence-electron chi connectivity index (χ2n) is 8.75. The van der Waals surface area contributed by atoms with Crippen LogP contribution in [0.5, 0.6) is 5.75 Å². The molecule has 0 unspecified atom stereocenters. The number of carbonyl (C=O) groups excluding carboxylic acids is 1. The molecular formula is C30H28N2O8. The van der Waals surface area contributed by atoms with Crippen molar-refractivity contribution in [3.8, 4) is 5.75 Å². The molecule has 0 saturated carbocycles. The average Bonchev–Trinajstić information content (AvgIpc) is 3.21. The maximum absolute atomic E-state index is 13.4. The van der Waals surface area contributed by atoms with Crippen molar-refractivity contribution in [1.29, 1.82) is 0 Å². The van der Waals surface area contributed by atoms with Gasteiger partial charge in [0.05, 0.1) is 37.0 Å². The van der Waals surface area contributed by atoms with Gasteiger partial charge in [-0.1, -0.05) is 42.5 Å². The van der Waals surface area contributed by atoms with Gasteiger partial charge in [0.15, 0.2) is 0 Å². The summed E-state index contributed by atoms with van der Waals surface area (Å²) < 4.78 is 15.9. The highest BCUT2D eigenvalue weighted by Gasteiger charge is 2.31. The number of carboxylic acids is 1. The Morgan fingerprint density at radius 1 is 0.925 bits per heavy atom. The molecule has 3 aromatic rings. The van der Waals surface area contributed by atoms with Gasteiger partial charge in [0.1, 0.15) is 19.0 Å². The van der Waals surface area contributed by atoms with E-state index in [0.29, 0.717) is 31.1 Å². The molecule has 4 rings (SSSR count). The zero-order valence-electron chi connectivity index (χ0n) is 21.6. The molecule has 0 bridgehead atoms. The molecule has 10 heteroatoms. The van der Waals surface area contributed by atoms with Crippen LogP contribution >= 0.6 is 0 Å². The maximum Gasteiger partial charge on any atom is 0.329 e. The van der Waals surface area contributed by atoms with E-state index in [0.717, 1.165) is 22.4 Å². The number of non-ortho nitro benzene ring substituents is 1. The van der Waals surface area contributed by atoms with E-state index in [1.54, 1.807) is 35.3 Å². The number of aliphatic carboxylic acids is 1. The Bertz CT molecular complexity index is 1400. The zero-order chi connectivity index (χ0) is 28.3. The third kappa shape index (κ3) is 7.62. The fourth-order valence-corrected chi connectivity index (χ4v) is 4.06. The van der Waals surface area contributed by atoms with Gasteiger partial charge < -0.3 is 24.2 Å². The Hall–Kier alpha value is -4.80. The number of nitro groups is 1. The number of amides is 1. The number of carbonyl (C=O) groups is 2. The lowest BCUT2D eigenvalue weighted by molar-refractivity contribution is -0.384. The second-order valence-corrected chi connectivity index (χ2v) is 8.75. The van der Waals surface area contributed by atoms with Crippen molar-refractivity contribution >= 4 is 34.9 Å². The summed E-state index contributed by atoms with van der Waals surface area (Å²) in [6.07, 6.45) is 5.33. The van der Waals surface area contributed by atoms with E-state index in [1.165, 1.54) is 12.1 Å². The molecule has 1 aliphatic heterocycles. The summed E-state index contributed by atoms with van der Waals surface area (Å²) in [7, 11) is 0. The zero-order valence-corrected chi connectivity index (χ0v) is 21.6. The van der Waals surface area contributed by atoms with Crippen LogP contribution in [0.2, 0.25) is 0 Å². The number of hydrogen-bond donors (Lipinski definition) is 1.